The van der Waals surface area contributed by atoms with E-state index in [9.17, 15) is 5.11 Å². The van der Waals surface area contributed by atoms with Crippen molar-refractivity contribution >= 4 is 38.9 Å². The maximum absolute atomic E-state index is 9.24. The van der Waals surface area contributed by atoms with Crippen LogP contribution in [0, 0.1) is 0 Å². The lowest BCUT2D eigenvalue weighted by atomic mass is 10.2. The largest absolute Gasteiger partial charge is 0.388 e. The predicted molar refractivity (Wildman–Crippen MR) is 48.1 cm³/mol. The quantitative estimate of drug-likeness (QED) is 0.790. The molecular weight excluding hydrogens is 235 g/mol. The Morgan fingerprint density at radius 3 is 2.90 bits per heavy atom. The highest BCUT2D eigenvalue weighted by Gasteiger charge is 2.06. The van der Waals surface area contributed by atoms with Crippen LogP contribution >= 0.6 is 38.9 Å². The van der Waals surface area contributed by atoms with Gasteiger partial charge in [-0.2, -0.15) is 0 Å². The van der Waals surface area contributed by atoms with Crippen LogP contribution in [0.2, 0.25) is 4.34 Å². The SMILES string of the molecule is OC(CBr)c1csc(Cl)c1. The van der Waals surface area contributed by atoms with Crippen LogP contribution in [0.4, 0.5) is 0 Å². The highest BCUT2D eigenvalue weighted by Crippen LogP contribution is 2.25. The Labute approximate surface area is 76.8 Å². The van der Waals surface area contributed by atoms with Crippen molar-refractivity contribution < 1.29 is 5.11 Å². The zero-order valence-electron chi connectivity index (χ0n) is 5.05. The first kappa shape index (κ1) is 8.53. The van der Waals surface area contributed by atoms with Crippen LogP contribution in [0.5, 0.6) is 0 Å². The van der Waals surface area contributed by atoms with Gasteiger partial charge in [-0.25, -0.2) is 0 Å². The topological polar surface area (TPSA) is 20.2 Å². The van der Waals surface area contributed by atoms with Crippen molar-refractivity contribution in [2.24, 2.45) is 0 Å². The van der Waals surface area contributed by atoms with Crippen LogP contribution in [0.25, 0.3) is 0 Å². The minimum absolute atomic E-state index is 0.427. The first-order valence-electron chi connectivity index (χ1n) is 2.72. The Kier molecular flexibility index (Phi) is 3.17. The third-order valence-corrected chi connectivity index (χ3v) is 2.84. The van der Waals surface area contributed by atoms with Gasteiger partial charge in [-0.15, -0.1) is 11.3 Å². The summed E-state index contributed by atoms with van der Waals surface area (Å²) < 4.78 is 0.718. The molecule has 10 heavy (non-hydrogen) atoms. The van der Waals surface area contributed by atoms with Crippen LogP contribution < -0.4 is 0 Å². The van der Waals surface area contributed by atoms with Gasteiger partial charge in [0.1, 0.15) is 0 Å². The highest BCUT2D eigenvalue weighted by molar-refractivity contribution is 9.09. The fourth-order valence-electron chi connectivity index (χ4n) is 0.587. The van der Waals surface area contributed by atoms with E-state index in [1.807, 2.05) is 5.38 Å². The maximum Gasteiger partial charge on any atom is 0.0932 e. The predicted octanol–water partition coefficient (Wildman–Crippen LogP) is 2.83. The molecule has 0 aromatic carbocycles. The number of aliphatic hydroxyl groups is 1. The molecule has 0 saturated carbocycles. The number of halogens is 2. The average Bonchev–Trinajstić information content (AvgIpc) is 2.34. The molecule has 4 heteroatoms. The van der Waals surface area contributed by atoms with E-state index in [4.69, 9.17) is 11.6 Å². The first-order chi connectivity index (χ1) is 4.74. The Balaban J connectivity index is 2.74. The molecule has 1 N–H and O–H groups in total. The van der Waals surface area contributed by atoms with E-state index < -0.39 is 6.10 Å². The third-order valence-electron chi connectivity index (χ3n) is 1.12. The number of rotatable bonds is 2. The van der Waals surface area contributed by atoms with Crippen molar-refractivity contribution in [2.75, 3.05) is 5.33 Å². The molecule has 1 unspecified atom stereocenters. The van der Waals surface area contributed by atoms with Crippen molar-refractivity contribution in [3.8, 4) is 0 Å². The summed E-state index contributed by atoms with van der Waals surface area (Å²) in [6.07, 6.45) is -0.427. The van der Waals surface area contributed by atoms with Gasteiger partial charge in [-0.1, -0.05) is 27.5 Å². The van der Waals surface area contributed by atoms with Gasteiger partial charge in [0, 0.05) is 5.33 Å². The zero-order valence-corrected chi connectivity index (χ0v) is 8.21. The summed E-state index contributed by atoms with van der Waals surface area (Å²) in [5, 5.41) is 11.7. The molecule has 0 amide bonds. The van der Waals surface area contributed by atoms with Crippen LogP contribution in [0.15, 0.2) is 11.4 Å². The highest BCUT2D eigenvalue weighted by atomic mass is 79.9. The summed E-state index contributed by atoms with van der Waals surface area (Å²) in [5.41, 5.74) is 0.881. The third kappa shape index (κ3) is 1.95. The standard InChI is InChI=1S/C6H6BrClOS/c7-2-5(9)4-1-6(8)10-3-4/h1,3,5,9H,2H2. The Hall–Kier alpha value is 0.430. The molecule has 0 bridgehead atoms. The van der Waals surface area contributed by atoms with Gasteiger partial charge in [-0.3, -0.25) is 0 Å². The molecule has 0 fully saturated rings. The lowest BCUT2D eigenvalue weighted by Crippen LogP contribution is -1.94. The molecule has 1 rings (SSSR count). The van der Waals surface area contributed by atoms with Gasteiger partial charge < -0.3 is 5.11 Å². The van der Waals surface area contributed by atoms with E-state index in [2.05, 4.69) is 15.9 Å². The molecular formula is C6H6BrClOS. The molecule has 1 aromatic rings. The average molecular weight is 242 g/mol. The molecule has 56 valence electrons. The number of thiophene rings is 1. The zero-order chi connectivity index (χ0) is 7.56. The molecule has 0 aliphatic heterocycles. The molecule has 1 aromatic heterocycles. The summed E-state index contributed by atoms with van der Waals surface area (Å²) in [6, 6.07) is 1.78. The normalized spacial score (nSPS) is 13.5. The minimum Gasteiger partial charge on any atom is -0.388 e. The van der Waals surface area contributed by atoms with Crippen LogP contribution in [-0.2, 0) is 0 Å². The maximum atomic E-state index is 9.24. The van der Waals surface area contributed by atoms with Gasteiger partial charge in [-0.05, 0) is 17.0 Å². The number of alkyl halides is 1. The van der Waals surface area contributed by atoms with Gasteiger partial charge >= 0.3 is 0 Å². The number of hydrogen-bond donors (Lipinski definition) is 1. The summed E-state index contributed by atoms with van der Waals surface area (Å²) >= 11 is 10.3. The smallest absolute Gasteiger partial charge is 0.0932 e. The summed E-state index contributed by atoms with van der Waals surface area (Å²) in [5.74, 6) is 0. The van der Waals surface area contributed by atoms with E-state index in [0.717, 1.165) is 9.90 Å². The fourth-order valence-corrected chi connectivity index (χ4v) is 1.90. The van der Waals surface area contributed by atoms with Gasteiger partial charge in [0.2, 0.25) is 0 Å². The molecule has 1 nitrogen and oxygen atoms in total. The van der Waals surface area contributed by atoms with Gasteiger partial charge in [0.15, 0.2) is 0 Å². The molecule has 0 radical (unpaired) electrons. The Bertz CT molecular complexity index is 213. The second-order valence-electron chi connectivity index (χ2n) is 1.85. The van der Waals surface area contributed by atoms with Gasteiger partial charge in [0.25, 0.3) is 0 Å². The summed E-state index contributed by atoms with van der Waals surface area (Å²) in [6.45, 7) is 0. The fraction of sp³-hybridized carbons (Fsp3) is 0.333. The minimum atomic E-state index is -0.427. The number of hydrogen-bond acceptors (Lipinski definition) is 2. The Morgan fingerprint density at radius 1 is 1.80 bits per heavy atom. The van der Waals surface area contributed by atoms with Crippen molar-refractivity contribution in [2.45, 2.75) is 6.10 Å². The molecule has 0 saturated heterocycles. The first-order valence-corrected chi connectivity index (χ1v) is 5.10. The van der Waals surface area contributed by atoms with Crippen LogP contribution in [0.1, 0.15) is 11.7 Å². The second-order valence-corrected chi connectivity index (χ2v) is 4.04. The molecule has 1 atom stereocenters. The van der Waals surface area contributed by atoms with E-state index >= 15 is 0 Å². The molecule has 0 aliphatic rings. The molecule has 1 heterocycles. The van der Waals surface area contributed by atoms with E-state index in [1.54, 1.807) is 6.07 Å². The van der Waals surface area contributed by atoms with E-state index in [1.165, 1.54) is 11.3 Å². The van der Waals surface area contributed by atoms with Crippen LogP contribution in [0.3, 0.4) is 0 Å². The van der Waals surface area contributed by atoms with Crippen molar-refractivity contribution in [3.63, 3.8) is 0 Å². The van der Waals surface area contributed by atoms with Crippen molar-refractivity contribution in [3.05, 3.63) is 21.3 Å². The molecule has 0 aliphatic carbocycles. The lowest BCUT2D eigenvalue weighted by molar-refractivity contribution is 0.206. The van der Waals surface area contributed by atoms with Gasteiger partial charge in [0.05, 0.1) is 10.4 Å². The summed E-state index contributed by atoms with van der Waals surface area (Å²) in [7, 11) is 0. The summed E-state index contributed by atoms with van der Waals surface area (Å²) in [4.78, 5) is 0. The van der Waals surface area contributed by atoms with E-state index in [0.29, 0.717) is 5.33 Å². The molecule has 0 spiro atoms. The van der Waals surface area contributed by atoms with Crippen molar-refractivity contribution in [1.29, 1.82) is 0 Å². The van der Waals surface area contributed by atoms with Crippen LogP contribution in [-0.4, -0.2) is 10.4 Å². The number of aliphatic hydroxyl groups excluding tert-OH is 1. The second kappa shape index (κ2) is 3.72. The lowest BCUT2D eigenvalue weighted by Gasteiger charge is -2.00. The monoisotopic (exact) mass is 240 g/mol. The van der Waals surface area contributed by atoms with Crippen molar-refractivity contribution in [1.82, 2.24) is 0 Å². The van der Waals surface area contributed by atoms with E-state index in [-0.39, 0.29) is 0 Å². The Morgan fingerprint density at radius 2 is 2.50 bits per heavy atom.